The molecule has 2 unspecified atom stereocenters. The van der Waals surface area contributed by atoms with Crippen LogP contribution in [0.2, 0.25) is 0 Å². The third-order valence-electron chi connectivity index (χ3n) is 4.10. The van der Waals surface area contributed by atoms with E-state index in [-0.39, 0.29) is 5.66 Å². The van der Waals surface area contributed by atoms with Crippen molar-refractivity contribution in [3.63, 3.8) is 0 Å². The number of ether oxygens (including phenoxy) is 2. The van der Waals surface area contributed by atoms with Crippen molar-refractivity contribution < 1.29 is 14.0 Å². The van der Waals surface area contributed by atoms with Crippen LogP contribution in [0.15, 0.2) is 78.9 Å². The van der Waals surface area contributed by atoms with Crippen molar-refractivity contribution in [3.05, 3.63) is 90.0 Å². The number of benzene rings is 3. The molecule has 0 bridgehead atoms. The van der Waals surface area contributed by atoms with E-state index in [2.05, 4.69) is 0 Å². The average molecular weight is 351 g/mol. The SMILES string of the molecule is COc1cccc(OC)c1C(c1ccccc1)[P+](=O)c1ccccc1. The van der Waals surface area contributed by atoms with Crippen molar-refractivity contribution in [2.45, 2.75) is 5.66 Å². The molecule has 0 aromatic heterocycles. The molecular weight excluding hydrogens is 331 g/mol. The molecule has 0 heterocycles. The minimum absolute atomic E-state index is 0.357. The maximum atomic E-state index is 13.5. The fraction of sp³-hybridized carbons (Fsp3) is 0.143. The minimum atomic E-state index is -1.75. The van der Waals surface area contributed by atoms with Gasteiger partial charge >= 0.3 is 7.80 Å². The number of hydrogen-bond acceptors (Lipinski definition) is 3. The molecule has 2 atom stereocenters. The van der Waals surface area contributed by atoms with Crippen LogP contribution < -0.4 is 14.8 Å². The van der Waals surface area contributed by atoms with Crippen LogP contribution >= 0.6 is 7.80 Å². The van der Waals surface area contributed by atoms with Gasteiger partial charge in [0.25, 0.3) is 0 Å². The van der Waals surface area contributed by atoms with E-state index in [4.69, 9.17) is 9.47 Å². The topological polar surface area (TPSA) is 35.5 Å². The van der Waals surface area contributed by atoms with Gasteiger partial charge in [0, 0.05) is 5.56 Å². The fourth-order valence-electron chi connectivity index (χ4n) is 2.93. The summed E-state index contributed by atoms with van der Waals surface area (Å²) in [6, 6.07) is 25.0. The first kappa shape index (κ1) is 17.2. The maximum absolute atomic E-state index is 13.5. The fourth-order valence-corrected chi connectivity index (χ4v) is 4.62. The Balaban J connectivity index is 2.22. The molecule has 3 nitrogen and oxygen atoms in total. The van der Waals surface area contributed by atoms with E-state index in [1.807, 2.05) is 78.9 Å². The van der Waals surface area contributed by atoms with Crippen LogP contribution in [0.5, 0.6) is 11.5 Å². The van der Waals surface area contributed by atoms with Crippen molar-refractivity contribution in [1.82, 2.24) is 0 Å². The molecule has 0 spiro atoms. The lowest BCUT2D eigenvalue weighted by Gasteiger charge is -2.16. The van der Waals surface area contributed by atoms with Crippen LogP contribution in [-0.2, 0) is 4.57 Å². The van der Waals surface area contributed by atoms with Gasteiger partial charge in [-0.3, -0.25) is 0 Å². The predicted molar refractivity (Wildman–Crippen MR) is 102 cm³/mol. The van der Waals surface area contributed by atoms with Gasteiger partial charge in [-0.2, -0.15) is 0 Å². The van der Waals surface area contributed by atoms with Gasteiger partial charge in [-0.25, -0.2) is 0 Å². The van der Waals surface area contributed by atoms with Crippen LogP contribution in [0.3, 0.4) is 0 Å². The number of methoxy groups -OCH3 is 2. The zero-order valence-corrected chi connectivity index (χ0v) is 15.1. The average Bonchev–Trinajstić information content (AvgIpc) is 2.69. The van der Waals surface area contributed by atoms with Gasteiger partial charge in [-0.15, -0.1) is 0 Å². The lowest BCUT2D eigenvalue weighted by Crippen LogP contribution is -2.08. The van der Waals surface area contributed by atoms with E-state index in [1.165, 1.54) is 0 Å². The van der Waals surface area contributed by atoms with Crippen LogP contribution in [0.25, 0.3) is 0 Å². The van der Waals surface area contributed by atoms with E-state index in [0.717, 1.165) is 16.4 Å². The molecule has 0 aliphatic carbocycles. The van der Waals surface area contributed by atoms with Crippen molar-refractivity contribution in [3.8, 4) is 11.5 Å². The molecule has 25 heavy (non-hydrogen) atoms. The summed E-state index contributed by atoms with van der Waals surface area (Å²) in [6.07, 6.45) is 0. The van der Waals surface area contributed by atoms with Crippen LogP contribution in [0.1, 0.15) is 16.8 Å². The van der Waals surface area contributed by atoms with E-state index in [0.29, 0.717) is 11.5 Å². The Morgan fingerprint density at radius 2 is 1.24 bits per heavy atom. The smallest absolute Gasteiger partial charge is 0.389 e. The van der Waals surface area contributed by atoms with Gasteiger partial charge in [-0.05, 0) is 24.3 Å². The second kappa shape index (κ2) is 7.96. The summed E-state index contributed by atoms with van der Waals surface area (Å²) in [5.41, 5.74) is 1.42. The number of rotatable bonds is 6. The Kier molecular flexibility index (Phi) is 5.47. The van der Waals surface area contributed by atoms with Gasteiger partial charge in [0.15, 0.2) is 5.30 Å². The molecule has 0 N–H and O–H groups in total. The third kappa shape index (κ3) is 3.57. The molecule has 0 aliphatic rings. The molecule has 0 saturated heterocycles. The molecule has 4 heteroatoms. The lowest BCUT2D eigenvalue weighted by molar-refractivity contribution is 0.386. The Morgan fingerprint density at radius 3 is 1.76 bits per heavy atom. The summed E-state index contributed by atoms with van der Waals surface area (Å²) in [6.45, 7) is 0. The Labute approximate surface area is 149 Å². The first-order chi connectivity index (χ1) is 12.3. The summed E-state index contributed by atoms with van der Waals surface area (Å²) in [4.78, 5) is 0. The summed E-state index contributed by atoms with van der Waals surface area (Å²) in [5.74, 6) is 1.35. The number of hydrogen-bond donors (Lipinski definition) is 0. The highest BCUT2D eigenvalue weighted by Gasteiger charge is 2.40. The first-order valence-electron chi connectivity index (χ1n) is 8.03. The zero-order valence-electron chi connectivity index (χ0n) is 14.3. The molecule has 0 amide bonds. The van der Waals surface area contributed by atoms with Crippen molar-refractivity contribution in [2.75, 3.05) is 14.2 Å². The van der Waals surface area contributed by atoms with E-state index in [9.17, 15) is 4.57 Å². The van der Waals surface area contributed by atoms with Gasteiger partial charge < -0.3 is 9.47 Å². The van der Waals surface area contributed by atoms with Crippen LogP contribution in [0, 0.1) is 0 Å². The highest BCUT2D eigenvalue weighted by Crippen LogP contribution is 2.51. The second-order valence-electron chi connectivity index (χ2n) is 5.55. The van der Waals surface area contributed by atoms with Crippen molar-refractivity contribution in [2.24, 2.45) is 0 Å². The van der Waals surface area contributed by atoms with E-state index >= 15 is 0 Å². The van der Waals surface area contributed by atoms with Crippen LogP contribution in [0.4, 0.5) is 0 Å². The molecule has 0 radical (unpaired) electrons. The zero-order chi connectivity index (χ0) is 17.6. The van der Waals surface area contributed by atoms with Crippen molar-refractivity contribution in [1.29, 1.82) is 0 Å². The second-order valence-corrected chi connectivity index (χ2v) is 7.24. The highest BCUT2D eigenvalue weighted by atomic mass is 31.1. The van der Waals surface area contributed by atoms with Gasteiger partial charge in [-0.1, -0.05) is 59.2 Å². The molecule has 0 fully saturated rings. The molecule has 3 rings (SSSR count). The van der Waals surface area contributed by atoms with Crippen LogP contribution in [-0.4, -0.2) is 14.2 Å². The Morgan fingerprint density at radius 1 is 0.720 bits per heavy atom. The first-order valence-corrected chi connectivity index (χ1v) is 9.36. The molecular formula is C21H20O3P+. The standard InChI is InChI=1S/C21H20O3P/c1-23-18-14-9-15-19(24-2)20(18)21(16-10-5-3-6-11-16)25(22)17-12-7-4-8-13-17/h3-15,21H,1-2H3/q+1. The van der Waals surface area contributed by atoms with E-state index < -0.39 is 7.80 Å². The van der Waals surface area contributed by atoms with E-state index in [1.54, 1.807) is 14.2 Å². The molecule has 126 valence electrons. The third-order valence-corrected chi connectivity index (χ3v) is 5.93. The monoisotopic (exact) mass is 351 g/mol. The molecule has 3 aromatic rings. The lowest BCUT2D eigenvalue weighted by atomic mass is 10.0. The predicted octanol–water partition coefficient (Wildman–Crippen LogP) is 4.95. The van der Waals surface area contributed by atoms with Gasteiger partial charge in [0.1, 0.15) is 11.5 Å². The highest BCUT2D eigenvalue weighted by molar-refractivity contribution is 7.54. The Bertz CT molecular complexity index is 825. The maximum Gasteiger partial charge on any atom is 0.389 e. The molecule has 0 aliphatic heterocycles. The molecule has 0 saturated carbocycles. The normalized spacial score (nSPS) is 12.3. The summed E-state index contributed by atoms with van der Waals surface area (Å²) in [7, 11) is 1.50. The quantitative estimate of drug-likeness (QED) is 0.590. The van der Waals surface area contributed by atoms with Gasteiger partial charge in [0.2, 0.25) is 5.66 Å². The Hall–Kier alpha value is -2.64. The summed E-state index contributed by atoms with van der Waals surface area (Å²) >= 11 is 0. The minimum Gasteiger partial charge on any atom is -0.496 e. The summed E-state index contributed by atoms with van der Waals surface area (Å²) < 4.78 is 24.7. The molecule has 3 aromatic carbocycles. The van der Waals surface area contributed by atoms with Gasteiger partial charge in [0.05, 0.1) is 19.8 Å². The largest absolute Gasteiger partial charge is 0.496 e. The van der Waals surface area contributed by atoms with Crippen molar-refractivity contribution >= 4 is 13.1 Å². The summed E-state index contributed by atoms with van der Waals surface area (Å²) in [5, 5.41) is 0.805.